The van der Waals surface area contributed by atoms with Gasteiger partial charge in [-0.3, -0.25) is 4.79 Å². The Bertz CT molecular complexity index is 686. The fourth-order valence-electron chi connectivity index (χ4n) is 8.04. The van der Waals surface area contributed by atoms with Gasteiger partial charge in [0.05, 0.1) is 29.1 Å². The molecule has 0 aromatic rings. The number of Topliss-reactive ketones (excluding diaryl/α,β-unsaturated/α-hetero) is 1. The third-order valence-corrected chi connectivity index (χ3v) is 9.03. The smallest absolute Gasteiger partial charge is 0.170 e. The van der Waals surface area contributed by atoms with E-state index in [2.05, 4.69) is 20.4 Å². The zero-order valence-electron chi connectivity index (χ0n) is 15.9. The van der Waals surface area contributed by atoms with E-state index >= 15 is 0 Å². The molecule has 2 spiro atoms. The third-order valence-electron chi connectivity index (χ3n) is 9.03. The van der Waals surface area contributed by atoms with Gasteiger partial charge < -0.3 is 19.7 Å². The SMILES string of the molecule is C=C1C(=O)[C@]23[C@H](O)[C@H]1CC[C@H]2[C@@]12[C@H](OC)O[C@@H]3C[C@@H]1C(C)(C)CC[C@@H]2O. The van der Waals surface area contributed by atoms with Crippen molar-refractivity contribution in [3.05, 3.63) is 12.2 Å². The van der Waals surface area contributed by atoms with Crippen molar-refractivity contribution < 1.29 is 24.5 Å². The Kier molecular flexibility index (Phi) is 3.33. The van der Waals surface area contributed by atoms with Gasteiger partial charge in [-0.2, -0.15) is 0 Å². The molecule has 26 heavy (non-hydrogen) atoms. The second-order valence-corrected chi connectivity index (χ2v) is 9.99. The summed E-state index contributed by atoms with van der Waals surface area (Å²) in [6, 6.07) is 0. The van der Waals surface area contributed by atoms with Gasteiger partial charge in [-0.05, 0) is 54.9 Å². The maximum atomic E-state index is 13.4. The van der Waals surface area contributed by atoms with E-state index in [0.29, 0.717) is 18.4 Å². The molecule has 4 bridgehead atoms. The number of carbonyl (C=O) groups is 1. The molecule has 6 rings (SSSR count). The first kappa shape index (κ1) is 17.4. The average Bonchev–Trinajstić information content (AvgIpc) is 2.73. The molecule has 2 saturated heterocycles. The van der Waals surface area contributed by atoms with Crippen LogP contribution < -0.4 is 0 Å². The normalized spacial score (nSPS) is 57.0. The lowest BCUT2D eigenvalue weighted by Crippen LogP contribution is -2.79. The van der Waals surface area contributed by atoms with E-state index in [-0.39, 0.29) is 35.1 Å². The molecule has 0 radical (unpaired) electrons. The van der Waals surface area contributed by atoms with Crippen molar-refractivity contribution in [3.8, 4) is 0 Å². The fourth-order valence-corrected chi connectivity index (χ4v) is 8.04. The number of rotatable bonds is 1. The summed E-state index contributed by atoms with van der Waals surface area (Å²) in [5.41, 5.74) is -0.986. The highest BCUT2D eigenvalue weighted by Crippen LogP contribution is 2.75. The second-order valence-electron chi connectivity index (χ2n) is 9.99. The van der Waals surface area contributed by atoms with Crippen LogP contribution in [0.1, 0.15) is 46.0 Å². The van der Waals surface area contributed by atoms with Crippen molar-refractivity contribution in [2.75, 3.05) is 7.11 Å². The lowest BCUT2D eigenvalue weighted by Gasteiger charge is -2.72. The first-order valence-electron chi connectivity index (χ1n) is 10.0. The van der Waals surface area contributed by atoms with Crippen LogP contribution in [-0.2, 0) is 14.3 Å². The van der Waals surface area contributed by atoms with Crippen molar-refractivity contribution in [3.63, 3.8) is 0 Å². The molecule has 2 heterocycles. The van der Waals surface area contributed by atoms with Gasteiger partial charge in [0.15, 0.2) is 12.1 Å². The fraction of sp³-hybridized carbons (Fsp3) is 0.857. The number of ketones is 1. The molecule has 6 fully saturated rings. The zero-order valence-corrected chi connectivity index (χ0v) is 15.9. The van der Waals surface area contributed by atoms with E-state index in [1.54, 1.807) is 7.11 Å². The van der Waals surface area contributed by atoms with Crippen molar-refractivity contribution in [2.45, 2.75) is 70.6 Å². The zero-order chi connectivity index (χ0) is 18.6. The lowest BCUT2D eigenvalue weighted by atomic mass is 9.37. The highest BCUT2D eigenvalue weighted by Gasteiger charge is 2.81. The third kappa shape index (κ3) is 1.55. The molecule has 4 saturated carbocycles. The molecule has 0 amide bonds. The molecule has 4 aliphatic carbocycles. The number of fused-ring (bicyclic) bond motifs is 2. The van der Waals surface area contributed by atoms with E-state index in [1.165, 1.54) is 0 Å². The maximum Gasteiger partial charge on any atom is 0.170 e. The van der Waals surface area contributed by atoms with Crippen LogP contribution in [0.4, 0.5) is 0 Å². The van der Waals surface area contributed by atoms with Crippen LogP contribution in [0.5, 0.6) is 0 Å². The summed E-state index contributed by atoms with van der Waals surface area (Å²) >= 11 is 0. The molecule has 5 heteroatoms. The molecular formula is C21H30O5. The number of carbonyl (C=O) groups excluding carboxylic acids is 1. The number of hydrogen-bond donors (Lipinski definition) is 2. The predicted octanol–water partition coefficient (Wildman–Crippen LogP) is 2.06. The largest absolute Gasteiger partial charge is 0.392 e. The number of ether oxygens (including phenoxy) is 2. The highest BCUT2D eigenvalue weighted by molar-refractivity contribution is 6.04. The van der Waals surface area contributed by atoms with Crippen LogP contribution in [0, 0.1) is 34.0 Å². The summed E-state index contributed by atoms with van der Waals surface area (Å²) in [6.45, 7) is 8.56. The molecule has 0 aromatic carbocycles. The molecule has 144 valence electrons. The van der Waals surface area contributed by atoms with Gasteiger partial charge >= 0.3 is 0 Å². The van der Waals surface area contributed by atoms with E-state index in [0.717, 1.165) is 19.3 Å². The van der Waals surface area contributed by atoms with Gasteiger partial charge in [0.25, 0.3) is 0 Å². The van der Waals surface area contributed by atoms with Crippen LogP contribution in [0.25, 0.3) is 0 Å². The van der Waals surface area contributed by atoms with Crippen LogP contribution in [0.3, 0.4) is 0 Å². The minimum Gasteiger partial charge on any atom is -0.392 e. The van der Waals surface area contributed by atoms with E-state index in [1.807, 2.05) is 0 Å². The van der Waals surface area contributed by atoms with Crippen molar-refractivity contribution in [2.24, 2.45) is 34.0 Å². The Morgan fingerprint density at radius 3 is 2.62 bits per heavy atom. The van der Waals surface area contributed by atoms with Crippen LogP contribution >= 0.6 is 0 Å². The van der Waals surface area contributed by atoms with Gasteiger partial charge in [-0.1, -0.05) is 20.4 Å². The molecule has 2 N–H and O–H groups in total. The molecule has 0 unspecified atom stereocenters. The van der Waals surface area contributed by atoms with Crippen LogP contribution in [0.2, 0.25) is 0 Å². The Balaban J connectivity index is 1.76. The van der Waals surface area contributed by atoms with E-state index < -0.39 is 29.3 Å². The number of methoxy groups -OCH3 is 1. The topological polar surface area (TPSA) is 76.0 Å². The van der Waals surface area contributed by atoms with Crippen molar-refractivity contribution in [1.29, 1.82) is 0 Å². The highest BCUT2D eigenvalue weighted by atomic mass is 16.7. The average molecular weight is 362 g/mol. The molecule has 0 aromatic heterocycles. The lowest BCUT2D eigenvalue weighted by molar-refractivity contribution is -0.405. The molecule has 5 nitrogen and oxygen atoms in total. The summed E-state index contributed by atoms with van der Waals surface area (Å²) in [7, 11) is 1.63. The quantitative estimate of drug-likeness (QED) is 0.699. The number of hydrogen-bond acceptors (Lipinski definition) is 5. The summed E-state index contributed by atoms with van der Waals surface area (Å²) in [6.07, 6.45) is 1.68. The minimum atomic E-state index is -0.945. The van der Waals surface area contributed by atoms with Crippen molar-refractivity contribution in [1.82, 2.24) is 0 Å². The van der Waals surface area contributed by atoms with Gasteiger partial charge in [0.1, 0.15) is 0 Å². The number of aliphatic hydroxyl groups excluding tert-OH is 2. The molecule has 6 aliphatic rings. The summed E-state index contributed by atoms with van der Waals surface area (Å²) in [4.78, 5) is 13.4. The van der Waals surface area contributed by atoms with Crippen molar-refractivity contribution >= 4 is 5.78 Å². The number of aliphatic hydroxyl groups is 2. The molecule has 2 aliphatic heterocycles. The first-order valence-corrected chi connectivity index (χ1v) is 10.0. The second kappa shape index (κ2) is 4.99. The summed E-state index contributed by atoms with van der Waals surface area (Å²) in [5, 5.41) is 22.6. The predicted molar refractivity (Wildman–Crippen MR) is 94.0 cm³/mol. The Labute approximate surface area is 154 Å². The van der Waals surface area contributed by atoms with E-state index in [9.17, 15) is 15.0 Å². The maximum absolute atomic E-state index is 13.4. The van der Waals surface area contributed by atoms with Gasteiger partial charge in [0.2, 0.25) is 0 Å². The summed E-state index contributed by atoms with van der Waals surface area (Å²) < 4.78 is 12.1. The van der Waals surface area contributed by atoms with Gasteiger partial charge in [0, 0.05) is 13.0 Å². The Morgan fingerprint density at radius 1 is 1.19 bits per heavy atom. The standard InChI is InChI=1S/C21H30O5/c1-10-11-5-6-12-20-13(19(2,3)8-7-14(20)22)9-15(26-18(20)25-4)21(12,16(10)23)17(11)24/h11-15,17-18,22,24H,1,5-9H2,2-4H3/t11-,12-,13+,14-,15+,17+,18+,20+,21-/m0/s1. The molecular weight excluding hydrogens is 332 g/mol. The first-order chi connectivity index (χ1) is 12.2. The summed E-state index contributed by atoms with van der Waals surface area (Å²) in [5.74, 6) is -0.0924. The minimum absolute atomic E-state index is 0.0227. The van der Waals surface area contributed by atoms with Crippen LogP contribution in [-0.4, -0.2) is 47.7 Å². The molecule has 9 atom stereocenters. The monoisotopic (exact) mass is 362 g/mol. The van der Waals surface area contributed by atoms with Gasteiger partial charge in [-0.15, -0.1) is 0 Å². The van der Waals surface area contributed by atoms with E-state index in [4.69, 9.17) is 9.47 Å². The van der Waals surface area contributed by atoms with Gasteiger partial charge in [-0.25, -0.2) is 0 Å². The Hall–Kier alpha value is -0.750. The van der Waals surface area contributed by atoms with Crippen LogP contribution in [0.15, 0.2) is 12.2 Å². The Morgan fingerprint density at radius 2 is 1.92 bits per heavy atom.